The van der Waals surface area contributed by atoms with Gasteiger partial charge < -0.3 is 9.84 Å². The standard InChI is InChI=1S/C21H19NO3/c1-4-19(24)25-15-9-7-14(8-10-15)21(2,3)17-11-12-18(23)20-16(17)6-5-13-22-20/h4-13,23H,1H2,2-3H3. The first kappa shape index (κ1) is 16.7. The van der Waals surface area contributed by atoms with E-state index in [9.17, 15) is 9.90 Å². The quantitative estimate of drug-likeness (QED) is 0.438. The minimum absolute atomic E-state index is 0.168. The van der Waals surface area contributed by atoms with E-state index in [1.165, 1.54) is 0 Å². The number of benzene rings is 2. The lowest BCUT2D eigenvalue weighted by molar-refractivity contribution is -0.128. The van der Waals surface area contributed by atoms with Crippen LogP contribution in [-0.4, -0.2) is 16.1 Å². The number of esters is 1. The van der Waals surface area contributed by atoms with Crippen LogP contribution in [0.2, 0.25) is 0 Å². The van der Waals surface area contributed by atoms with Crippen molar-refractivity contribution in [1.29, 1.82) is 0 Å². The van der Waals surface area contributed by atoms with Crippen molar-refractivity contribution >= 4 is 16.9 Å². The van der Waals surface area contributed by atoms with E-state index in [0.29, 0.717) is 11.3 Å². The van der Waals surface area contributed by atoms with Gasteiger partial charge in [0.15, 0.2) is 0 Å². The SMILES string of the molecule is C=CC(=O)Oc1ccc(C(C)(C)c2ccc(O)c3ncccc23)cc1. The highest BCUT2D eigenvalue weighted by atomic mass is 16.5. The molecule has 4 nitrogen and oxygen atoms in total. The number of phenolic OH excluding ortho intramolecular Hbond substituents is 1. The minimum Gasteiger partial charge on any atom is -0.506 e. The highest BCUT2D eigenvalue weighted by Gasteiger charge is 2.26. The lowest BCUT2D eigenvalue weighted by Crippen LogP contribution is -2.19. The molecule has 0 unspecified atom stereocenters. The van der Waals surface area contributed by atoms with Gasteiger partial charge in [0.1, 0.15) is 17.0 Å². The molecule has 3 aromatic rings. The number of pyridine rings is 1. The number of fused-ring (bicyclic) bond motifs is 1. The van der Waals surface area contributed by atoms with Gasteiger partial charge in [-0.05, 0) is 35.4 Å². The van der Waals surface area contributed by atoms with Crippen molar-refractivity contribution in [3.05, 3.63) is 78.5 Å². The van der Waals surface area contributed by atoms with E-state index in [1.54, 1.807) is 24.4 Å². The predicted octanol–water partition coefficient (Wildman–Crippen LogP) is 4.36. The molecule has 2 aromatic carbocycles. The zero-order chi connectivity index (χ0) is 18.0. The average molecular weight is 333 g/mol. The van der Waals surface area contributed by atoms with E-state index >= 15 is 0 Å². The lowest BCUT2D eigenvalue weighted by atomic mass is 9.76. The summed E-state index contributed by atoms with van der Waals surface area (Å²) in [5.41, 5.74) is 2.38. The Bertz CT molecular complexity index is 943. The molecule has 0 aliphatic carbocycles. The summed E-state index contributed by atoms with van der Waals surface area (Å²) in [6.07, 6.45) is 2.80. The van der Waals surface area contributed by atoms with Crippen molar-refractivity contribution in [1.82, 2.24) is 4.98 Å². The fourth-order valence-corrected chi connectivity index (χ4v) is 2.96. The Labute approximate surface area is 146 Å². The van der Waals surface area contributed by atoms with Crippen LogP contribution in [0.1, 0.15) is 25.0 Å². The number of aromatic nitrogens is 1. The van der Waals surface area contributed by atoms with Crippen molar-refractivity contribution in [2.75, 3.05) is 0 Å². The molecule has 3 rings (SSSR count). The van der Waals surface area contributed by atoms with Crippen LogP contribution in [0.5, 0.6) is 11.5 Å². The first-order chi connectivity index (χ1) is 11.9. The molecule has 126 valence electrons. The minimum atomic E-state index is -0.484. The summed E-state index contributed by atoms with van der Waals surface area (Å²) in [5.74, 6) is 0.158. The van der Waals surface area contributed by atoms with Crippen LogP contribution >= 0.6 is 0 Å². The summed E-state index contributed by atoms with van der Waals surface area (Å²) < 4.78 is 5.12. The lowest BCUT2D eigenvalue weighted by Gasteiger charge is -2.27. The summed E-state index contributed by atoms with van der Waals surface area (Å²) >= 11 is 0. The van der Waals surface area contributed by atoms with Crippen LogP contribution in [0, 0.1) is 0 Å². The van der Waals surface area contributed by atoms with Crippen LogP contribution in [0.15, 0.2) is 67.4 Å². The monoisotopic (exact) mass is 333 g/mol. The Morgan fingerprint density at radius 1 is 1.16 bits per heavy atom. The van der Waals surface area contributed by atoms with E-state index in [4.69, 9.17) is 4.74 Å². The number of hydrogen-bond acceptors (Lipinski definition) is 4. The molecule has 4 heteroatoms. The molecule has 1 heterocycles. The van der Waals surface area contributed by atoms with Crippen molar-refractivity contribution in [3.63, 3.8) is 0 Å². The first-order valence-corrected chi connectivity index (χ1v) is 7.95. The molecule has 0 radical (unpaired) electrons. The molecule has 25 heavy (non-hydrogen) atoms. The second kappa shape index (κ2) is 6.40. The Kier molecular flexibility index (Phi) is 4.28. The first-order valence-electron chi connectivity index (χ1n) is 7.95. The van der Waals surface area contributed by atoms with Gasteiger partial charge in [-0.15, -0.1) is 0 Å². The van der Waals surface area contributed by atoms with Gasteiger partial charge in [-0.25, -0.2) is 4.79 Å². The second-order valence-corrected chi connectivity index (χ2v) is 6.31. The van der Waals surface area contributed by atoms with Crippen LogP contribution in [-0.2, 0) is 10.2 Å². The molecule has 1 N–H and O–H groups in total. The summed E-state index contributed by atoms with van der Waals surface area (Å²) in [7, 11) is 0. The van der Waals surface area contributed by atoms with Crippen LogP contribution in [0.25, 0.3) is 10.9 Å². The zero-order valence-electron chi connectivity index (χ0n) is 14.2. The number of nitrogens with zero attached hydrogens (tertiary/aromatic N) is 1. The number of rotatable bonds is 4. The van der Waals surface area contributed by atoms with E-state index in [0.717, 1.165) is 22.6 Å². The summed E-state index contributed by atoms with van der Waals surface area (Å²) in [6, 6.07) is 14.8. The molecular weight excluding hydrogens is 314 g/mol. The van der Waals surface area contributed by atoms with Gasteiger partial charge in [-0.3, -0.25) is 4.98 Å². The maximum absolute atomic E-state index is 11.3. The predicted molar refractivity (Wildman–Crippen MR) is 97.8 cm³/mol. The van der Waals surface area contributed by atoms with E-state index in [2.05, 4.69) is 25.4 Å². The van der Waals surface area contributed by atoms with E-state index < -0.39 is 5.97 Å². The largest absolute Gasteiger partial charge is 0.506 e. The third-order valence-electron chi connectivity index (χ3n) is 4.38. The number of phenols is 1. The molecular formula is C21H19NO3. The number of hydrogen-bond donors (Lipinski definition) is 1. The average Bonchev–Trinajstić information content (AvgIpc) is 2.62. The maximum atomic E-state index is 11.3. The summed E-state index contributed by atoms with van der Waals surface area (Å²) in [4.78, 5) is 15.6. The molecule has 0 saturated heterocycles. The second-order valence-electron chi connectivity index (χ2n) is 6.31. The summed E-state index contributed by atoms with van der Waals surface area (Å²) in [6.45, 7) is 7.60. The van der Waals surface area contributed by atoms with Gasteiger partial charge in [-0.1, -0.05) is 44.7 Å². The molecule has 0 spiro atoms. The zero-order valence-corrected chi connectivity index (χ0v) is 14.2. The smallest absolute Gasteiger partial charge is 0.335 e. The van der Waals surface area contributed by atoms with E-state index in [-0.39, 0.29) is 11.2 Å². The van der Waals surface area contributed by atoms with Gasteiger partial charge in [-0.2, -0.15) is 0 Å². The van der Waals surface area contributed by atoms with Crippen molar-refractivity contribution in [2.45, 2.75) is 19.3 Å². The van der Waals surface area contributed by atoms with Crippen LogP contribution < -0.4 is 4.74 Å². The van der Waals surface area contributed by atoms with Gasteiger partial charge in [0.2, 0.25) is 0 Å². The van der Waals surface area contributed by atoms with Gasteiger partial charge in [0.25, 0.3) is 0 Å². The van der Waals surface area contributed by atoms with Gasteiger partial charge in [0.05, 0.1) is 0 Å². The Morgan fingerprint density at radius 3 is 2.56 bits per heavy atom. The highest BCUT2D eigenvalue weighted by Crippen LogP contribution is 2.38. The van der Waals surface area contributed by atoms with Gasteiger partial charge in [0, 0.05) is 23.1 Å². The third kappa shape index (κ3) is 3.11. The summed E-state index contributed by atoms with van der Waals surface area (Å²) in [5, 5.41) is 11.0. The molecule has 0 atom stereocenters. The van der Waals surface area contributed by atoms with Crippen LogP contribution in [0.3, 0.4) is 0 Å². The molecule has 0 fully saturated rings. The van der Waals surface area contributed by atoms with Crippen molar-refractivity contribution in [3.8, 4) is 11.5 Å². The third-order valence-corrected chi connectivity index (χ3v) is 4.38. The molecule has 0 aliphatic rings. The van der Waals surface area contributed by atoms with E-state index in [1.807, 2.05) is 30.3 Å². The molecule has 0 amide bonds. The Hall–Kier alpha value is -3.14. The fourth-order valence-electron chi connectivity index (χ4n) is 2.96. The van der Waals surface area contributed by atoms with Gasteiger partial charge >= 0.3 is 5.97 Å². The normalized spacial score (nSPS) is 11.3. The number of carbonyl (C=O) groups is 1. The number of aromatic hydroxyl groups is 1. The molecule has 0 aliphatic heterocycles. The molecule has 0 saturated carbocycles. The Balaban J connectivity index is 2.03. The fraction of sp³-hybridized carbons (Fsp3) is 0.143. The number of carbonyl (C=O) groups excluding carboxylic acids is 1. The van der Waals surface area contributed by atoms with Crippen molar-refractivity contribution < 1.29 is 14.6 Å². The number of ether oxygens (including phenoxy) is 1. The Morgan fingerprint density at radius 2 is 1.88 bits per heavy atom. The van der Waals surface area contributed by atoms with Crippen LogP contribution in [0.4, 0.5) is 0 Å². The van der Waals surface area contributed by atoms with Crippen molar-refractivity contribution in [2.24, 2.45) is 0 Å². The topological polar surface area (TPSA) is 59.4 Å². The maximum Gasteiger partial charge on any atom is 0.335 e. The molecule has 0 bridgehead atoms. The highest BCUT2D eigenvalue weighted by molar-refractivity contribution is 5.88. The molecule has 1 aromatic heterocycles.